The number of rotatable bonds is 5. The molecule has 6 heteroatoms. The van der Waals surface area contributed by atoms with E-state index >= 15 is 0 Å². The molecule has 2 heterocycles. The Kier molecular flexibility index (Phi) is 4.76. The normalized spacial score (nSPS) is 16.0. The maximum Gasteiger partial charge on any atom is 0.262 e. The van der Waals surface area contributed by atoms with Crippen molar-refractivity contribution >= 4 is 23.4 Å². The van der Waals surface area contributed by atoms with Crippen LogP contribution in [0, 0.1) is 0 Å². The van der Waals surface area contributed by atoms with Crippen LogP contribution < -0.4 is 19.7 Å². The predicted molar refractivity (Wildman–Crippen MR) is 108 cm³/mol. The number of fused-ring (bicyclic) bond motifs is 1. The van der Waals surface area contributed by atoms with E-state index < -0.39 is 6.17 Å². The number of ether oxygens (including phenoxy) is 2. The zero-order chi connectivity index (χ0) is 19.5. The second kappa shape index (κ2) is 7.52. The average molecular weight is 376 g/mol. The largest absolute Gasteiger partial charge is 0.497 e. The Labute approximate surface area is 163 Å². The number of benzene rings is 2. The third-order valence-electron chi connectivity index (χ3n) is 4.59. The van der Waals surface area contributed by atoms with Gasteiger partial charge in [-0.05, 0) is 48.6 Å². The molecule has 2 aromatic carbocycles. The van der Waals surface area contributed by atoms with Crippen LogP contribution in [-0.4, -0.2) is 26.3 Å². The highest BCUT2D eigenvalue weighted by atomic mass is 16.5. The summed E-state index contributed by atoms with van der Waals surface area (Å²) in [5.41, 5.74) is 2.03. The number of amides is 1. The molecule has 1 atom stereocenters. The third kappa shape index (κ3) is 3.20. The van der Waals surface area contributed by atoms with Gasteiger partial charge in [-0.3, -0.25) is 9.69 Å². The van der Waals surface area contributed by atoms with Gasteiger partial charge in [0.05, 0.1) is 31.7 Å². The Balaban J connectivity index is 1.80. The van der Waals surface area contributed by atoms with Crippen molar-refractivity contribution in [1.29, 1.82) is 0 Å². The molecule has 6 nitrogen and oxygen atoms in total. The van der Waals surface area contributed by atoms with Crippen molar-refractivity contribution in [2.45, 2.75) is 6.17 Å². The van der Waals surface area contributed by atoms with Gasteiger partial charge in [0.1, 0.15) is 23.4 Å². The molecule has 1 aromatic heterocycles. The lowest BCUT2D eigenvalue weighted by atomic mass is 10.1. The highest BCUT2D eigenvalue weighted by Gasteiger charge is 2.33. The van der Waals surface area contributed by atoms with Crippen molar-refractivity contribution in [3.8, 4) is 11.5 Å². The lowest BCUT2D eigenvalue weighted by molar-refractivity contribution is 0.0979. The lowest BCUT2D eigenvalue weighted by Crippen LogP contribution is -2.48. The Morgan fingerprint density at radius 3 is 2.68 bits per heavy atom. The van der Waals surface area contributed by atoms with Gasteiger partial charge < -0.3 is 19.2 Å². The van der Waals surface area contributed by atoms with E-state index in [1.807, 2.05) is 48.6 Å². The predicted octanol–water partition coefficient (Wildman–Crippen LogP) is 4.41. The van der Waals surface area contributed by atoms with Crippen molar-refractivity contribution in [2.24, 2.45) is 0 Å². The first-order valence-corrected chi connectivity index (χ1v) is 8.84. The van der Waals surface area contributed by atoms with Crippen LogP contribution in [0.25, 0.3) is 6.08 Å². The van der Waals surface area contributed by atoms with Crippen molar-refractivity contribution in [3.63, 3.8) is 0 Å². The van der Waals surface area contributed by atoms with Gasteiger partial charge in [-0.2, -0.15) is 0 Å². The fourth-order valence-electron chi connectivity index (χ4n) is 3.22. The summed E-state index contributed by atoms with van der Waals surface area (Å²) in [6.45, 7) is 0. The van der Waals surface area contributed by atoms with Crippen LogP contribution in [0.2, 0.25) is 0 Å². The van der Waals surface area contributed by atoms with E-state index in [0.29, 0.717) is 28.5 Å². The summed E-state index contributed by atoms with van der Waals surface area (Å²) < 4.78 is 16.2. The Hall–Kier alpha value is -3.67. The minimum Gasteiger partial charge on any atom is -0.497 e. The first-order valence-electron chi connectivity index (χ1n) is 8.84. The summed E-state index contributed by atoms with van der Waals surface area (Å²) in [7, 11) is 3.16. The summed E-state index contributed by atoms with van der Waals surface area (Å²) in [6, 6.07) is 16.5. The molecule has 1 aliphatic heterocycles. The maximum absolute atomic E-state index is 13.4. The number of nitrogens with zero attached hydrogens (tertiary/aromatic N) is 1. The van der Waals surface area contributed by atoms with Crippen LogP contribution in [0.5, 0.6) is 11.5 Å². The SMILES string of the molecule is COc1ccc(N2C(=O)c3ccccc3NC2/C=C/c2ccco2)c(OC)c1. The molecule has 0 bridgehead atoms. The molecule has 142 valence electrons. The van der Waals surface area contributed by atoms with Crippen molar-refractivity contribution in [2.75, 3.05) is 24.4 Å². The van der Waals surface area contributed by atoms with Crippen LogP contribution in [0.4, 0.5) is 11.4 Å². The third-order valence-corrected chi connectivity index (χ3v) is 4.59. The molecular weight excluding hydrogens is 356 g/mol. The van der Waals surface area contributed by atoms with Crippen LogP contribution in [-0.2, 0) is 0 Å². The highest BCUT2D eigenvalue weighted by molar-refractivity contribution is 6.13. The molecule has 0 fully saturated rings. The van der Waals surface area contributed by atoms with E-state index in [-0.39, 0.29) is 5.91 Å². The van der Waals surface area contributed by atoms with Crippen LogP contribution in [0.3, 0.4) is 0 Å². The Bertz CT molecular complexity index is 1010. The molecule has 28 heavy (non-hydrogen) atoms. The zero-order valence-electron chi connectivity index (χ0n) is 15.6. The molecule has 0 radical (unpaired) electrons. The van der Waals surface area contributed by atoms with Gasteiger partial charge in [0.15, 0.2) is 0 Å². The molecule has 1 amide bonds. The monoisotopic (exact) mass is 376 g/mol. The van der Waals surface area contributed by atoms with Gasteiger partial charge in [-0.15, -0.1) is 0 Å². The zero-order valence-corrected chi connectivity index (χ0v) is 15.6. The summed E-state index contributed by atoms with van der Waals surface area (Å²) >= 11 is 0. The van der Waals surface area contributed by atoms with E-state index in [9.17, 15) is 4.79 Å². The van der Waals surface area contributed by atoms with E-state index in [4.69, 9.17) is 13.9 Å². The minimum absolute atomic E-state index is 0.119. The molecule has 0 aliphatic carbocycles. The Morgan fingerprint density at radius 2 is 1.93 bits per heavy atom. The molecular formula is C22H20N2O4. The van der Waals surface area contributed by atoms with Crippen molar-refractivity contribution in [3.05, 3.63) is 78.3 Å². The van der Waals surface area contributed by atoms with Gasteiger partial charge in [-0.25, -0.2) is 0 Å². The van der Waals surface area contributed by atoms with Gasteiger partial charge in [-0.1, -0.05) is 12.1 Å². The first-order chi connectivity index (χ1) is 13.7. The van der Waals surface area contributed by atoms with Crippen molar-refractivity contribution in [1.82, 2.24) is 0 Å². The van der Waals surface area contributed by atoms with Crippen LogP contribution in [0.15, 0.2) is 71.4 Å². The molecule has 1 N–H and O–H groups in total. The van der Waals surface area contributed by atoms with Crippen LogP contribution >= 0.6 is 0 Å². The van der Waals surface area contributed by atoms with Gasteiger partial charge in [0, 0.05) is 11.8 Å². The number of methoxy groups -OCH3 is 2. The summed E-state index contributed by atoms with van der Waals surface area (Å²) in [6.07, 6.45) is 4.91. The number of hydrogen-bond donors (Lipinski definition) is 1. The summed E-state index contributed by atoms with van der Waals surface area (Å²) in [5.74, 6) is 1.79. The molecule has 0 saturated carbocycles. The van der Waals surface area contributed by atoms with Gasteiger partial charge >= 0.3 is 0 Å². The molecule has 0 saturated heterocycles. The molecule has 3 aromatic rings. The second-order valence-corrected chi connectivity index (χ2v) is 6.22. The molecule has 4 rings (SSSR count). The maximum atomic E-state index is 13.4. The first kappa shape index (κ1) is 17.7. The summed E-state index contributed by atoms with van der Waals surface area (Å²) in [4.78, 5) is 15.0. The van der Waals surface area contributed by atoms with E-state index in [0.717, 1.165) is 5.69 Å². The quantitative estimate of drug-likeness (QED) is 0.715. The number of hydrogen-bond acceptors (Lipinski definition) is 5. The number of carbonyl (C=O) groups excluding carboxylic acids is 1. The van der Waals surface area contributed by atoms with E-state index in [2.05, 4.69) is 5.32 Å². The fraction of sp³-hybridized carbons (Fsp3) is 0.136. The van der Waals surface area contributed by atoms with Crippen molar-refractivity contribution < 1.29 is 18.7 Å². The van der Waals surface area contributed by atoms with Gasteiger partial charge in [0.2, 0.25) is 0 Å². The number of furan rings is 1. The second-order valence-electron chi connectivity index (χ2n) is 6.22. The standard InChI is InChI=1S/C22H20N2O4/c1-26-16-9-11-19(20(14-16)27-2)24-21(12-10-15-6-5-13-28-15)23-18-8-4-3-7-17(18)22(24)25/h3-14,21,23H,1-2H3/b12-10+. The average Bonchev–Trinajstić information content (AvgIpc) is 3.26. The highest BCUT2D eigenvalue weighted by Crippen LogP contribution is 2.37. The number of nitrogens with one attached hydrogen (secondary N) is 1. The topological polar surface area (TPSA) is 63.9 Å². The molecule has 1 unspecified atom stereocenters. The lowest BCUT2D eigenvalue weighted by Gasteiger charge is -2.37. The molecule has 1 aliphatic rings. The summed E-state index contributed by atoms with van der Waals surface area (Å²) in [5, 5.41) is 3.41. The smallest absolute Gasteiger partial charge is 0.262 e. The molecule has 0 spiro atoms. The minimum atomic E-state index is -0.421. The van der Waals surface area contributed by atoms with E-state index in [1.54, 1.807) is 43.6 Å². The number of anilines is 2. The Morgan fingerprint density at radius 1 is 1.07 bits per heavy atom. The van der Waals surface area contributed by atoms with E-state index in [1.165, 1.54) is 0 Å². The number of para-hydroxylation sites is 1. The van der Waals surface area contributed by atoms with Gasteiger partial charge in [0.25, 0.3) is 5.91 Å². The van der Waals surface area contributed by atoms with Crippen LogP contribution in [0.1, 0.15) is 16.1 Å². The number of carbonyl (C=O) groups is 1. The fourth-order valence-corrected chi connectivity index (χ4v) is 3.22.